The van der Waals surface area contributed by atoms with Crippen LogP contribution < -0.4 is 10.1 Å². The van der Waals surface area contributed by atoms with Gasteiger partial charge in [-0.3, -0.25) is 4.79 Å². The van der Waals surface area contributed by atoms with Gasteiger partial charge in [0.2, 0.25) is 0 Å². The van der Waals surface area contributed by atoms with Crippen LogP contribution in [0.15, 0.2) is 36.9 Å². The average Bonchev–Trinajstić information content (AvgIpc) is 2.29. The largest absolute Gasteiger partial charge is 0.481 e. The van der Waals surface area contributed by atoms with E-state index in [4.69, 9.17) is 4.74 Å². The summed E-state index contributed by atoms with van der Waals surface area (Å²) in [6, 6.07) is 5.52. The van der Waals surface area contributed by atoms with E-state index in [2.05, 4.69) is 11.9 Å². The van der Waals surface area contributed by atoms with Crippen molar-refractivity contribution in [3.63, 3.8) is 0 Å². The van der Waals surface area contributed by atoms with Crippen molar-refractivity contribution in [1.29, 1.82) is 0 Å². The molecule has 86 valence electrons. The molecule has 1 atom stereocenters. The van der Waals surface area contributed by atoms with Crippen molar-refractivity contribution in [2.24, 2.45) is 0 Å². The van der Waals surface area contributed by atoms with Gasteiger partial charge in [0.15, 0.2) is 6.10 Å². The van der Waals surface area contributed by atoms with Crippen LogP contribution in [0.1, 0.15) is 6.92 Å². The molecule has 0 spiro atoms. The van der Waals surface area contributed by atoms with Crippen molar-refractivity contribution in [2.45, 2.75) is 13.0 Å². The van der Waals surface area contributed by atoms with Crippen molar-refractivity contribution in [2.75, 3.05) is 6.54 Å². The summed E-state index contributed by atoms with van der Waals surface area (Å²) in [7, 11) is 0. The van der Waals surface area contributed by atoms with Crippen LogP contribution in [0.2, 0.25) is 0 Å². The van der Waals surface area contributed by atoms with Crippen molar-refractivity contribution in [3.8, 4) is 5.75 Å². The highest BCUT2D eigenvalue weighted by Crippen LogP contribution is 2.12. The molecule has 0 fully saturated rings. The maximum absolute atomic E-state index is 12.6. The van der Waals surface area contributed by atoms with E-state index in [1.807, 2.05) is 0 Å². The summed E-state index contributed by atoms with van der Waals surface area (Å²) in [4.78, 5) is 11.4. The van der Waals surface area contributed by atoms with E-state index >= 15 is 0 Å². The van der Waals surface area contributed by atoms with Crippen LogP contribution >= 0.6 is 0 Å². The van der Waals surface area contributed by atoms with Crippen LogP contribution in [0.5, 0.6) is 5.75 Å². The maximum Gasteiger partial charge on any atom is 0.261 e. The van der Waals surface area contributed by atoms with Crippen LogP contribution in [0, 0.1) is 5.82 Å². The first-order valence-corrected chi connectivity index (χ1v) is 4.94. The molecule has 3 nitrogen and oxygen atoms in total. The van der Waals surface area contributed by atoms with Gasteiger partial charge in [0.25, 0.3) is 5.91 Å². The Morgan fingerprint density at radius 1 is 1.56 bits per heavy atom. The zero-order valence-corrected chi connectivity index (χ0v) is 9.07. The van der Waals surface area contributed by atoms with E-state index in [1.165, 1.54) is 24.3 Å². The molecule has 0 aliphatic rings. The van der Waals surface area contributed by atoms with Crippen molar-refractivity contribution in [3.05, 3.63) is 42.7 Å². The predicted molar refractivity (Wildman–Crippen MR) is 59.7 cm³/mol. The molecule has 1 aromatic carbocycles. The maximum atomic E-state index is 12.6. The summed E-state index contributed by atoms with van der Waals surface area (Å²) < 4.78 is 17.9. The molecule has 16 heavy (non-hydrogen) atoms. The van der Waals surface area contributed by atoms with Gasteiger partial charge < -0.3 is 10.1 Å². The number of carbonyl (C=O) groups excluding carboxylic acids is 1. The fraction of sp³-hybridized carbons (Fsp3) is 0.250. The molecule has 0 aromatic heterocycles. The van der Waals surface area contributed by atoms with Gasteiger partial charge in [0.1, 0.15) is 11.6 Å². The monoisotopic (exact) mass is 223 g/mol. The number of hydrogen-bond donors (Lipinski definition) is 1. The Kier molecular flexibility index (Phi) is 4.51. The quantitative estimate of drug-likeness (QED) is 0.774. The minimum Gasteiger partial charge on any atom is -0.481 e. The van der Waals surface area contributed by atoms with Crippen LogP contribution in [-0.2, 0) is 4.79 Å². The minimum absolute atomic E-state index is 0.232. The first-order valence-electron chi connectivity index (χ1n) is 4.94. The zero-order chi connectivity index (χ0) is 12.0. The van der Waals surface area contributed by atoms with Crippen LogP contribution in [0.3, 0.4) is 0 Å². The topological polar surface area (TPSA) is 38.3 Å². The molecule has 4 heteroatoms. The lowest BCUT2D eigenvalue weighted by molar-refractivity contribution is -0.127. The van der Waals surface area contributed by atoms with E-state index < -0.39 is 6.10 Å². The molecule has 0 saturated heterocycles. The third-order valence-corrected chi connectivity index (χ3v) is 1.92. The van der Waals surface area contributed by atoms with E-state index in [0.717, 1.165) is 0 Å². The first kappa shape index (κ1) is 12.2. The molecule has 1 rings (SSSR count). The van der Waals surface area contributed by atoms with E-state index in [-0.39, 0.29) is 11.7 Å². The Morgan fingerprint density at radius 3 is 2.75 bits per heavy atom. The lowest BCUT2D eigenvalue weighted by Gasteiger charge is -2.13. The van der Waals surface area contributed by atoms with E-state index in [1.54, 1.807) is 13.0 Å². The number of carbonyl (C=O) groups is 1. The van der Waals surface area contributed by atoms with E-state index in [0.29, 0.717) is 12.3 Å². The number of hydrogen-bond acceptors (Lipinski definition) is 2. The molecule has 0 unspecified atom stereocenters. The second-order valence-corrected chi connectivity index (χ2v) is 3.25. The third kappa shape index (κ3) is 3.73. The van der Waals surface area contributed by atoms with Gasteiger partial charge in [-0.25, -0.2) is 4.39 Å². The standard InChI is InChI=1S/C12H14FNO2/c1-3-8-14-12(15)9(2)16-11-6-4-10(13)5-7-11/h3-7,9H,1,8H2,2H3,(H,14,15)/t9-/m1/s1. The van der Waals surface area contributed by atoms with Crippen LogP contribution in [0.25, 0.3) is 0 Å². The number of ether oxygens (including phenoxy) is 1. The Morgan fingerprint density at radius 2 is 2.19 bits per heavy atom. The van der Waals surface area contributed by atoms with Gasteiger partial charge in [-0.2, -0.15) is 0 Å². The Bertz CT molecular complexity index is 362. The fourth-order valence-electron chi connectivity index (χ4n) is 1.09. The van der Waals surface area contributed by atoms with Gasteiger partial charge in [0, 0.05) is 6.54 Å². The number of nitrogens with one attached hydrogen (secondary N) is 1. The molecule has 0 heterocycles. The molecule has 0 aliphatic carbocycles. The SMILES string of the molecule is C=CCNC(=O)[C@@H](C)Oc1ccc(F)cc1. The normalized spacial score (nSPS) is 11.6. The predicted octanol–water partition coefficient (Wildman–Crippen LogP) is 1.90. The number of rotatable bonds is 5. The van der Waals surface area contributed by atoms with Crippen LogP contribution in [-0.4, -0.2) is 18.6 Å². The average molecular weight is 223 g/mol. The van der Waals surface area contributed by atoms with Gasteiger partial charge in [-0.15, -0.1) is 6.58 Å². The number of amides is 1. The summed E-state index contributed by atoms with van der Waals surface area (Å²) >= 11 is 0. The van der Waals surface area contributed by atoms with E-state index in [9.17, 15) is 9.18 Å². The fourth-order valence-corrected chi connectivity index (χ4v) is 1.09. The molecule has 1 amide bonds. The Labute approximate surface area is 93.9 Å². The second kappa shape index (κ2) is 5.90. The third-order valence-electron chi connectivity index (χ3n) is 1.92. The molecule has 0 bridgehead atoms. The summed E-state index contributed by atoms with van der Waals surface area (Å²) in [6.07, 6.45) is 0.966. The lowest BCUT2D eigenvalue weighted by atomic mass is 10.3. The van der Waals surface area contributed by atoms with Gasteiger partial charge in [-0.05, 0) is 31.2 Å². The summed E-state index contributed by atoms with van der Waals surface area (Å²) in [5.74, 6) is -0.108. The second-order valence-electron chi connectivity index (χ2n) is 3.25. The molecule has 0 radical (unpaired) electrons. The van der Waals surface area contributed by atoms with Crippen molar-refractivity contribution in [1.82, 2.24) is 5.32 Å². The summed E-state index contributed by atoms with van der Waals surface area (Å²) in [6.45, 7) is 5.51. The highest BCUT2D eigenvalue weighted by molar-refractivity contribution is 5.80. The number of benzene rings is 1. The molecule has 0 saturated carbocycles. The van der Waals surface area contributed by atoms with Crippen molar-refractivity contribution < 1.29 is 13.9 Å². The Balaban J connectivity index is 2.50. The molecule has 1 aromatic rings. The lowest BCUT2D eigenvalue weighted by Crippen LogP contribution is -2.36. The minimum atomic E-state index is -0.620. The molecular formula is C12H14FNO2. The zero-order valence-electron chi connectivity index (χ0n) is 9.07. The van der Waals surface area contributed by atoms with Gasteiger partial charge in [-0.1, -0.05) is 6.08 Å². The molecular weight excluding hydrogens is 209 g/mol. The number of halogens is 1. The smallest absolute Gasteiger partial charge is 0.261 e. The Hall–Kier alpha value is -1.84. The highest BCUT2D eigenvalue weighted by Gasteiger charge is 2.13. The summed E-state index contributed by atoms with van der Waals surface area (Å²) in [5, 5.41) is 2.61. The van der Waals surface area contributed by atoms with Gasteiger partial charge >= 0.3 is 0 Å². The first-order chi connectivity index (χ1) is 7.63. The van der Waals surface area contributed by atoms with Crippen LogP contribution in [0.4, 0.5) is 4.39 Å². The van der Waals surface area contributed by atoms with Gasteiger partial charge in [0.05, 0.1) is 0 Å². The summed E-state index contributed by atoms with van der Waals surface area (Å²) in [5.41, 5.74) is 0. The molecule has 0 aliphatic heterocycles. The highest BCUT2D eigenvalue weighted by atomic mass is 19.1. The van der Waals surface area contributed by atoms with Crippen molar-refractivity contribution >= 4 is 5.91 Å². The molecule has 1 N–H and O–H groups in total.